The molecule has 174 valence electrons. The summed E-state index contributed by atoms with van der Waals surface area (Å²) in [5.41, 5.74) is 3.62. The zero-order chi connectivity index (χ0) is 24.3. The molecule has 0 N–H and O–H groups in total. The van der Waals surface area contributed by atoms with Crippen LogP contribution in [0.4, 0.5) is 17.1 Å². The molecule has 0 aliphatic carbocycles. The first-order valence-corrected chi connectivity index (χ1v) is 15.9. The molecule has 0 radical (unpaired) electrons. The Kier molecular flexibility index (Phi) is 4.93. The number of hydrogen-bond acceptors (Lipinski definition) is 1. The summed E-state index contributed by atoms with van der Waals surface area (Å²) in [6, 6.07) is 47.2. The standard InChI is InChI=1S/C34H21NSe2/c1-2-8-23(9-3-1)35(25-17-19-28-26-10-4-6-12-31(26)36-33(28)21-25)24-16-14-22-15-18-29-27-11-5-7-13-32(27)37-34(29)30(22)20-24/h1-21H. The van der Waals surface area contributed by atoms with E-state index in [2.05, 4.69) is 132 Å². The third kappa shape index (κ3) is 3.44. The second-order valence-electron chi connectivity index (χ2n) is 9.40. The Morgan fingerprint density at radius 2 is 0.973 bits per heavy atom. The Balaban J connectivity index is 1.37. The Hall–Kier alpha value is -3.58. The molecule has 2 aromatic heterocycles. The summed E-state index contributed by atoms with van der Waals surface area (Å²) in [7, 11) is 0. The van der Waals surface area contributed by atoms with Crippen molar-refractivity contribution in [1.29, 1.82) is 0 Å². The topological polar surface area (TPSA) is 3.24 Å². The molecule has 0 aliphatic heterocycles. The summed E-state index contributed by atoms with van der Waals surface area (Å²) in [5, 5.41) is 8.31. The Labute approximate surface area is 226 Å². The van der Waals surface area contributed by atoms with E-state index < -0.39 is 0 Å². The minimum atomic E-state index is 0.323. The molecule has 0 bridgehead atoms. The second-order valence-corrected chi connectivity index (χ2v) is 13.9. The van der Waals surface area contributed by atoms with Crippen LogP contribution >= 0.6 is 0 Å². The van der Waals surface area contributed by atoms with Crippen LogP contribution in [0.1, 0.15) is 0 Å². The van der Waals surface area contributed by atoms with Crippen LogP contribution in [-0.2, 0) is 0 Å². The maximum atomic E-state index is 2.42. The molecule has 0 atom stereocenters. The molecule has 8 aromatic rings. The third-order valence-corrected chi connectivity index (χ3v) is 12.2. The fourth-order valence-electron chi connectivity index (χ4n) is 5.51. The van der Waals surface area contributed by atoms with Gasteiger partial charge >= 0.3 is 228 Å². The van der Waals surface area contributed by atoms with Crippen molar-refractivity contribution in [2.24, 2.45) is 0 Å². The molecule has 2 heterocycles. The van der Waals surface area contributed by atoms with Gasteiger partial charge in [0.25, 0.3) is 0 Å². The van der Waals surface area contributed by atoms with Crippen LogP contribution in [0.15, 0.2) is 127 Å². The predicted molar refractivity (Wildman–Crippen MR) is 163 cm³/mol. The van der Waals surface area contributed by atoms with E-state index >= 15 is 0 Å². The SMILES string of the molecule is c1ccc(N(c2ccc3c(c2)[se]c2ccccc23)c2ccc3ccc4c5ccccc5[se]c4c3c2)cc1. The third-order valence-electron chi connectivity index (χ3n) is 7.24. The maximum absolute atomic E-state index is 2.42. The van der Waals surface area contributed by atoms with Gasteiger partial charge in [-0.05, 0) is 0 Å². The number of para-hydroxylation sites is 1. The van der Waals surface area contributed by atoms with Crippen molar-refractivity contribution >= 4 is 95.4 Å². The molecule has 0 aliphatic rings. The van der Waals surface area contributed by atoms with Gasteiger partial charge in [-0.3, -0.25) is 0 Å². The van der Waals surface area contributed by atoms with Crippen molar-refractivity contribution in [3.8, 4) is 0 Å². The van der Waals surface area contributed by atoms with Crippen LogP contribution in [0.25, 0.3) is 49.4 Å². The van der Waals surface area contributed by atoms with E-state index in [9.17, 15) is 0 Å². The van der Waals surface area contributed by atoms with Crippen LogP contribution < -0.4 is 4.90 Å². The summed E-state index contributed by atoms with van der Waals surface area (Å²) < 4.78 is 5.95. The number of nitrogens with zero attached hydrogens (tertiary/aromatic N) is 1. The monoisotopic (exact) mass is 603 g/mol. The van der Waals surface area contributed by atoms with Gasteiger partial charge in [-0.25, -0.2) is 0 Å². The first-order chi connectivity index (χ1) is 18.3. The second kappa shape index (κ2) is 8.48. The van der Waals surface area contributed by atoms with Crippen LogP contribution in [0, 0.1) is 0 Å². The molecule has 3 heteroatoms. The van der Waals surface area contributed by atoms with Gasteiger partial charge in [0.2, 0.25) is 0 Å². The van der Waals surface area contributed by atoms with Crippen molar-refractivity contribution in [3.63, 3.8) is 0 Å². The molecule has 0 spiro atoms. The molecule has 1 nitrogen and oxygen atoms in total. The zero-order valence-electron chi connectivity index (χ0n) is 19.9. The van der Waals surface area contributed by atoms with Crippen LogP contribution in [0.2, 0.25) is 0 Å². The predicted octanol–water partition coefficient (Wildman–Crippen LogP) is 9.04. The molecule has 0 saturated heterocycles. The number of anilines is 3. The Morgan fingerprint density at radius 1 is 0.378 bits per heavy atom. The van der Waals surface area contributed by atoms with Gasteiger partial charge in [0.1, 0.15) is 0 Å². The Bertz CT molecular complexity index is 2100. The van der Waals surface area contributed by atoms with Crippen molar-refractivity contribution in [3.05, 3.63) is 127 Å². The molecular formula is C34H21NSe2. The summed E-state index contributed by atoms with van der Waals surface area (Å²) in [6.07, 6.45) is 0. The van der Waals surface area contributed by atoms with Crippen LogP contribution in [0.5, 0.6) is 0 Å². The number of rotatable bonds is 3. The van der Waals surface area contributed by atoms with E-state index in [0.717, 1.165) is 0 Å². The van der Waals surface area contributed by atoms with Crippen molar-refractivity contribution in [2.75, 3.05) is 4.90 Å². The molecule has 0 saturated carbocycles. The molecule has 0 fully saturated rings. The van der Waals surface area contributed by atoms with E-state index in [0.29, 0.717) is 29.0 Å². The fourth-order valence-corrected chi connectivity index (χ4v) is 10.5. The summed E-state index contributed by atoms with van der Waals surface area (Å²) in [5.74, 6) is 0. The molecule has 6 aromatic carbocycles. The van der Waals surface area contributed by atoms with Gasteiger partial charge in [0.05, 0.1) is 0 Å². The first-order valence-electron chi connectivity index (χ1n) is 12.4. The van der Waals surface area contributed by atoms with E-state index in [1.54, 1.807) is 0 Å². The summed E-state index contributed by atoms with van der Waals surface area (Å²) in [6.45, 7) is 0. The number of fused-ring (bicyclic) bond motifs is 8. The first kappa shape index (κ1) is 21.5. The summed E-state index contributed by atoms with van der Waals surface area (Å²) >= 11 is 0.659. The molecule has 37 heavy (non-hydrogen) atoms. The van der Waals surface area contributed by atoms with Gasteiger partial charge < -0.3 is 0 Å². The van der Waals surface area contributed by atoms with E-state index in [1.807, 2.05) is 0 Å². The number of benzene rings is 6. The zero-order valence-corrected chi connectivity index (χ0v) is 23.3. The molecular weight excluding hydrogens is 580 g/mol. The average molecular weight is 601 g/mol. The van der Waals surface area contributed by atoms with Crippen molar-refractivity contribution < 1.29 is 0 Å². The normalized spacial score (nSPS) is 11.8. The van der Waals surface area contributed by atoms with Gasteiger partial charge in [-0.15, -0.1) is 0 Å². The van der Waals surface area contributed by atoms with Gasteiger partial charge in [0, 0.05) is 0 Å². The molecule has 0 amide bonds. The Morgan fingerprint density at radius 3 is 1.81 bits per heavy atom. The van der Waals surface area contributed by atoms with E-state index in [1.165, 1.54) is 66.4 Å². The number of hydrogen-bond donors (Lipinski definition) is 0. The van der Waals surface area contributed by atoms with Crippen molar-refractivity contribution in [1.82, 2.24) is 0 Å². The molecule has 0 unspecified atom stereocenters. The van der Waals surface area contributed by atoms with Crippen LogP contribution in [0.3, 0.4) is 0 Å². The van der Waals surface area contributed by atoms with Crippen LogP contribution in [-0.4, -0.2) is 29.0 Å². The average Bonchev–Trinajstić information content (AvgIpc) is 3.52. The van der Waals surface area contributed by atoms with Gasteiger partial charge in [-0.2, -0.15) is 0 Å². The quantitative estimate of drug-likeness (QED) is 0.183. The van der Waals surface area contributed by atoms with E-state index in [-0.39, 0.29) is 0 Å². The molecule has 8 rings (SSSR count). The fraction of sp³-hybridized carbons (Fsp3) is 0. The van der Waals surface area contributed by atoms with E-state index in [4.69, 9.17) is 0 Å². The minimum absolute atomic E-state index is 0.323. The van der Waals surface area contributed by atoms with Crippen molar-refractivity contribution in [2.45, 2.75) is 0 Å². The summed E-state index contributed by atoms with van der Waals surface area (Å²) in [4.78, 5) is 2.42. The van der Waals surface area contributed by atoms with Gasteiger partial charge in [0.15, 0.2) is 0 Å². The van der Waals surface area contributed by atoms with Gasteiger partial charge in [-0.1, -0.05) is 0 Å².